The molecule has 0 fully saturated rings. The molecule has 3 N–H and O–H groups in total. The topological polar surface area (TPSA) is 72.2 Å². The third kappa shape index (κ3) is 4.17. The second-order valence-corrected chi connectivity index (χ2v) is 7.02. The molecule has 0 radical (unpaired) electrons. The first-order valence-electron chi connectivity index (χ1n) is 5.82. The molecule has 1 unspecified atom stereocenters. The zero-order valence-electron chi connectivity index (χ0n) is 11.2. The lowest BCUT2D eigenvalue weighted by Crippen LogP contribution is -2.34. The molecule has 0 bridgehead atoms. The van der Waals surface area contributed by atoms with Crippen LogP contribution in [0.15, 0.2) is 17.0 Å². The Bertz CT molecular complexity index is 547. The van der Waals surface area contributed by atoms with Crippen molar-refractivity contribution in [3.63, 3.8) is 0 Å². The number of sulfonamides is 1. The van der Waals surface area contributed by atoms with Gasteiger partial charge in [0.1, 0.15) is 5.82 Å². The molecule has 0 amide bonds. The molecule has 7 heteroatoms. The largest absolute Gasteiger partial charge is 0.326 e. The van der Waals surface area contributed by atoms with E-state index in [2.05, 4.69) is 4.72 Å². The van der Waals surface area contributed by atoms with Crippen LogP contribution < -0.4 is 10.5 Å². The molecule has 1 rings (SSSR count). The Kier molecular flexibility index (Phi) is 5.79. The molecule has 0 aliphatic carbocycles. The van der Waals surface area contributed by atoms with E-state index in [9.17, 15) is 12.8 Å². The van der Waals surface area contributed by atoms with Gasteiger partial charge in [0, 0.05) is 23.9 Å². The second kappa shape index (κ2) is 6.69. The summed E-state index contributed by atoms with van der Waals surface area (Å²) in [7, 11) is -3.64. The van der Waals surface area contributed by atoms with Crippen LogP contribution in [0.25, 0.3) is 0 Å². The summed E-state index contributed by atoms with van der Waals surface area (Å²) in [5.74, 6) is 0.224. The maximum Gasteiger partial charge on any atom is 0.240 e. The number of hydrogen-bond acceptors (Lipinski definition) is 4. The maximum atomic E-state index is 13.7. The van der Waals surface area contributed by atoms with Gasteiger partial charge in [0.05, 0.1) is 4.90 Å². The minimum atomic E-state index is -3.64. The third-order valence-electron chi connectivity index (χ3n) is 2.61. The van der Waals surface area contributed by atoms with Gasteiger partial charge >= 0.3 is 0 Å². The summed E-state index contributed by atoms with van der Waals surface area (Å²) in [6.07, 6.45) is 1.90. The molecule has 4 nitrogen and oxygen atoms in total. The monoisotopic (exact) mass is 306 g/mol. The number of halogens is 1. The van der Waals surface area contributed by atoms with Gasteiger partial charge in [-0.1, -0.05) is 0 Å². The Morgan fingerprint density at radius 1 is 1.47 bits per heavy atom. The number of nitrogens with two attached hydrogens (primary N) is 1. The Morgan fingerprint density at radius 2 is 2.11 bits per heavy atom. The van der Waals surface area contributed by atoms with Crippen LogP contribution in [0.3, 0.4) is 0 Å². The fourth-order valence-corrected chi connectivity index (χ4v) is 3.79. The van der Waals surface area contributed by atoms with E-state index in [0.717, 1.165) is 0 Å². The molecule has 0 aliphatic rings. The lowest BCUT2D eigenvalue weighted by Gasteiger charge is -2.14. The highest BCUT2D eigenvalue weighted by molar-refractivity contribution is 7.98. The van der Waals surface area contributed by atoms with Gasteiger partial charge in [-0.25, -0.2) is 17.5 Å². The van der Waals surface area contributed by atoms with E-state index in [0.29, 0.717) is 5.75 Å². The smallest absolute Gasteiger partial charge is 0.240 e. The van der Waals surface area contributed by atoms with E-state index in [4.69, 9.17) is 5.73 Å². The molecule has 19 heavy (non-hydrogen) atoms. The molecule has 0 aliphatic heterocycles. The van der Waals surface area contributed by atoms with Crippen LogP contribution >= 0.6 is 11.8 Å². The molecule has 108 valence electrons. The number of rotatable bonds is 6. The average Bonchev–Trinajstić information content (AvgIpc) is 2.31. The number of aryl methyl sites for hydroxylation is 1. The van der Waals surface area contributed by atoms with Crippen molar-refractivity contribution in [2.45, 2.75) is 31.3 Å². The minimum Gasteiger partial charge on any atom is -0.326 e. The highest BCUT2D eigenvalue weighted by atomic mass is 32.2. The van der Waals surface area contributed by atoms with Crippen LogP contribution in [-0.2, 0) is 16.6 Å². The van der Waals surface area contributed by atoms with Gasteiger partial charge in [-0.2, -0.15) is 11.8 Å². The standard InChI is InChI=1S/C12H19FN2O2S2/c1-8-4-11(5-10(6-14)12(8)13)19(16,17)15-9(2)7-18-3/h4-5,9,15H,6-7,14H2,1-3H3. The number of benzene rings is 1. The van der Waals surface area contributed by atoms with Gasteiger partial charge in [0.2, 0.25) is 10.0 Å². The van der Waals surface area contributed by atoms with Crippen molar-refractivity contribution in [2.24, 2.45) is 5.73 Å². The van der Waals surface area contributed by atoms with Crippen LogP contribution in [0.2, 0.25) is 0 Å². The quantitative estimate of drug-likeness (QED) is 0.838. The first kappa shape index (κ1) is 16.4. The molecule has 1 aromatic rings. The summed E-state index contributed by atoms with van der Waals surface area (Å²) in [6.45, 7) is 3.28. The second-order valence-electron chi connectivity index (χ2n) is 4.40. The predicted molar refractivity (Wildman–Crippen MR) is 77.2 cm³/mol. The normalized spacial score (nSPS) is 13.5. The first-order chi connectivity index (χ1) is 8.81. The zero-order valence-corrected chi connectivity index (χ0v) is 12.9. The Morgan fingerprint density at radius 3 is 2.63 bits per heavy atom. The van der Waals surface area contributed by atoms with Crippen molar-refractivity contribution in [2.75, 3.05) is 12.0 Å². The molecule has 0 spiro atoms. The number of hydrogen-bond donors (Lipinski definition) is 2. The lowest BCUT2D eigenvalue weighted by atomic mass is 10.1. The van der Waals surface area contributed by atoms with Crippen molar-refractivity contribution in [3.8, 4) is 0 Å². The molecular weight excluding hydrogens is 287 g/mol. The Hall–Kier alpha value is -0.630. The summed E-state index contributed by atoms with van der Waals surface area (Å²) >= 11 is 1.55. The number of nitrogens with one attached hydrogen (secondary N) is 1. The van der Waals surface area contributed by atoms with E-state index in [1.807, 2.05) is 6.26 Å². The van der Waals surface area contributed by atoms with Gasteiger partial charge in [0.15, 0.2) is 0 Å². The molecule has 0 aromatic heterocycles. The summed E-state index contributed by atoms with van der Waals surface area (Å²) < 4.78 is 40.5. The van der Waals surface area contributed by atoms with Crippen LogP contribution in [0, 0.1) is 12.7 Å². The van der Waals surface area contributed by atoms with Gasteiger partial charge in [0.25, 0.3) is 0 Å². The summed E-state index contributed by atoms with van der Waals surface area (Å²) in [5.41, 5.74) is 5.91. The highest BCUT2D eigenvalue weighted by Gasteiger charge is 2.19. The van der Waals surface area contributed by atoms with Crippen LogP contribution in [0.5, 0.6) is 0 Å². The van der Waals surface area contributed by atoms with Gasteiger partial charge < -0.3 is 5.73 Å². The number of thioether (sulfide) groups is 1. The van der Waals surface area contributed by atoms with E-state index in [1.54, 1.807) is 18.7 Å². The van der Waals surface area contributed by atoms with Crippen LogP contribution in [0.1, 0.15) is 18.1 Å². The van der Waals surface area contributed by atoms with Crippen molar-refractivity contribution >= 4 is 21.8 Å². The van der Waals surface area contributed by atoms with Gasteiger partial charge in [-0.15, -0.1) is 0 Å². The van der Waals surface area contributed by atoms with Crippen molar-refractivity contribution in [1.29, 1.82) is 0 Å². The SMILES string of the molecule is CSCC(C)NS(=O)(=O)c1cc(C)c(F)c(CN)c1. The van der Waals surface area contributed by atoms with E-state index in [-0.39, 0.29) is 28.6 Å². The summed E-state index contributed by atoms with van der Waals surface area (Å²) in [6, 6.07) is 2.42. The van der Waals surface area contributed by atoms with Crippen molar-refractivity contribution in [3.05, 3.63) is 29.1 Å². The van der Waals surface area contributed by atoms with Crippen molar-refractivity contribution in [1.82, 2.24) is 4.72 Å². The Balaban J connectivity index is 3.11. The van der Waals surface area contributed by atoms with E-state index >= 15 is 0 Å². The molecule has 1 aromatic carbocycles. The fraction of sp³-hybridized carbons (Fsp3) is 0.500. The zero-order chi connectivity index (χ0) is 14.6. The minimum absolute atomic E-state index is 0.0314. The van der Waals surface area contributed by atoms with Crippen LogP contribution in [0.4, 0.5) is 4.39 Å². The molecule has 1 atom stereocenters. The lowest BCUT2D eigenvalue weighted by molar-refractivity contribution is 0.568. The molecular formula is C12H19FN2O2S2. The predicted octanol–water partition coefficient (Wildman–Crippen LogP) is 1.62. The average molecular weight is 306 g/mol. The summed E-state index contributed by atoms with van der Waals surface area (Å²) in [5, 5.41) is 0. The van der Waals surface area contributed by atoms with E-state index < -0.39 is 15.8 Å². The fourth-order valence-electron chi connectivity index (χ4n) is 1.73. The highest BCUT2D eigenvalue weighted by Crippen LogP contribution is 2.19. The third-order valence-corrected chi connectivity index (χ3v) is 5.01. The maximum absolute atomic E-state index is 13.7. The van der Waals surface area contributed by atoms with Crippen LogP contribution in [-0.4, -0.2) is 26.5 Å². The summed E-state index contributed by atoms with van der Waals surface area (Å²) in [4.78, 5) is 0.0554. The van der Waals surface area contributed by atoms with Crippen molar-refractivity contribution < 1.29 is 12.8 Å². The van der Waals surface area contributed by atoms with E-state index in [1.165, 1.54) is 19.1 Å². The van der Waals surface area contributed by atoms with Gasteiger partial charge in [-0.3, -0.25) is 0 Å². The van der Waals surface area contributed by atoms with Gasteiger partial charge in [-0.05, 0) is 37.8 Å². The first-order valence-corrected chi connectivity index (χ1v) is 8.70. The molecule has 0 saturated heterocycles. The molecule has 0 heterocycles. The Labute approximate surface area is 118 Å². The molecule has 0 saturated carbocycles.